The molecule has 0 aliphatic carbocycles. The summed E-state index contributed by atoms with van der Waals surface area (Å²) in [5.41, 5.74) is 0.959. The van der Waals surface area contributed by atoms with Crippen LogP contribution in [0.5, 0.6) is 5.75 Å². The Morgan fingerprint density at radius 3 is 2.48 bits per heavy atom. The molecular weight excluding hydrogens is 306 g/mol. The normalized spacial score (nSPS) is 11.8. The van der Waals surface area contributed by atoms with Crippen LogP contribution in [0.25, 0.3) is 0 Å². The van der Waals surface area contributed by atoms with Gasteiger partial charge in [-0.3, -0.25) is 0 Å². The minimum absolute atomic E-state index is 0.245. The SMILES string of the molecule is CC(C)COc1ccc(S(=O)(=O)NCc2ccsc2)cc1. The van der Waals surface area contributed by atoms with Crippen LogP contribution in [0.2, 0.25) is 0 Å². The van der Waals surface area contributed by atoms with Crippen molar-refractivity contribution >= 4 is 21.4 Å². The largest absolute Gasteiger partial charge is 0.493 e. The lowest BCUT2D eigenvalue weighted by Crippen LogP contribution is -2.22. The summed E-state index contributed by atoms with van der Waals surface area (Å²) in [4.78, 5) is 0.245. The van der Waals surface area contributed by atoms with Crippen molar-refractivity contribution in [3.8, 4) is 5.75 Å². The van der Waals surface area contributed by atoms with Gasteiger partial charge in [0.1, 0.15) is 5.75 Å². The molecule has 0 atom stereocenters. The molecule has 0 aliphatic rings. The molecule has 2 aromatic rings. The first-order valence-corrected chi connectivity index (χ1v) is 9.13. The van der Waals surface area contributed by atoms with E-state index in [4.69, 9.17) is 4.74 Å². The maximum absolute atomic E-state index is 12.2. The summed E-state index contributed by atoms with van der Waals surface area (Å²) in [6.45, 7) is 5.04. The number of benzene rings is 1. The molecule has 1 aromatic heterocycles. The highest BCUT2D eigenvalue weighted by Gasteiger charge is 2.13. The van der Waals surface area contributed by atoms with E-state index in [-0.39, 0.29) is 4.90 Å². The topological polar surface area (TPSA) is 55.4 Å². The molecule has 114 valence electrons. The number of hydrogen-bond acceptors (Lipinski definition) is 4. The standard InChI is InChI=1S/C15H19NO3S2/c1-12(2)10-19-14-3-5-15(6-4-14)21(17,18)16-9-13-7-8-20-11-13/h3-8,11-12,16H,9-10H2,1-2H3. The molecule has 0 bridgehead atoms. The van der Waals surface area contributed by atoms with Crippen molar-refractivity contribution in [1.82, 2.24) is 4.72 Å². The van der Waals surface area contributed by atoms with Gasteiger partial charge in [0, 0.05) is 6.54 Å². The van der Waals surface area contributed by atoms with Crippen LogP contribution in [0.15, 0.2) is 46.0 Å². The van der Waals surface area contributed by atoms with Gasteiger partial charge in [-0.15, -0.1) is 0 Å². The first-order valence-electron chi connectivity index (χ1n) is 6.71. The van der Waals surface area contributed by atoms with Crippen molar-refractivity contribution in [3.05, 3.63) is 46.7 Å². The number of ether oxygens (including phenoxy) is 1. The van der Waals surface area contributed by atoms with E-state index < -0.39 is 10.0 Å². The summed E-state index contributed by atoms with van der Waals surface area (Å²) in [6.07, 6.45) is 0. The summed E-state index contributed by atoms with van der Waals surface area (Å²) >= 11 is 1.54. The Hall–Kier alpha value is -1.37. The van der Waals surface area contributed by atoms with Gasteiger partial charge < -0.3 is 4.74 Å². The first kappa shape index (κ1) is 16.0. The summed E-state index contributed by atoms with van der Waals surface area (Å²) < 4.78 is 32.4. The van der Waals surface area contributed by atoms with Crippen molar-refractivity contribution in [1.29, 1.82) is 0 Å². The fraction of sp³-hybridized carbons (Fsp3) is 0.333. The zero-order valence-corrected chi connectivity index (χ0v) is 13.7. The zero-order chi connectivity index (χ0) is 15.3. The van der Waals surface area contributed by atoms with Crippen LogP contribution in [0, 0.1) is 5.92 Å². The van der Waals surface area contributed by atoms with Crippen molar-refractivity contribution in [3.63, 3.8) is 0 Å². The number of sulfonamides is 1. The van der Waals surface area contributed by atoms with E-state index in [9.17, 15) is 8.42 Å². The van der Waals surface area contributed by atoms with E-state index in [1.165, 1.54) is 0 Å². The fourth-order valence-electron chi connectivity index (χ4n) is 1.63. The lowest BCUT2D eigenvalue weighted by atomic mass is 10.2. The molecule has 0 unspecified atom stereocenters. The molecule has 1 aromatic carbocycles. The van der Waals surface area contributed by atoms with Gasteiger partial charge in [-0.05, 0) is 52.6 Å². The van der Waals surface area contributed by atoms with Crippen LogP contribution in [0.3, 0.4) is 0 Å². The molecule has 0 saturated carbocycles. The molecule has 4 nitrogen and oxygen atoms in total. The molecule has 0 amide bonds. The highest BCUT2D eigenvalue weighted by Crippen LogP contribution is 2.17. The second-order valence-electron chi connectivity index (χ2n) is 5.13. The van der Waals surface area contributed by atoms with E-state index in [1.807, 2.05) is 16.8 Å². The van der Waals surface area contributed by atoms with Gasteiger partial charge in [0.2, 0.25) is 10.0 Å². The highest BCUT2D eigenvalue weighted by atomic mass is 32.2. The summed E-state index contributed by atoms with van der Waals surface area (Å²) in [7, 11) is -3.49. The van der Waals surface area contributed by atoms with Crippen molar-refractivity contribution < 1.29 is 13.2 Å². The number of rotatable bonds is 7. The molecular formula is C15H19NO3S2. The Morgan fingerprint density at radius 2 is 1.90 bits per heavy atom. The molecule has 1 N–H and O–H groups in total. The van der Waals surface area contributed by atoms with Gasteiger partial charge in [-0.2, -0.15) is 11.3 Å². The number of nitrogens with one attached hydrogen (secondary N) is 1. The third kappa shape index (κ3) is 4.84. The second-order valence-corrected chi connectivity index (χ2v) is 7.68. The third-order valence-corrected chi connectivity index (χ3v) is 4.91. The monoisotopic (exact) mass is 325 g/mol. The number of hydrogen-bond donors (Lipinski definition) is 1. The van der Waals surface area contributed by atoms with Crippen molar-refractivity contribution in [2.45, 2.75) is 25.3 Å². The quantitative estimate of drug-likeness (QED) is 0.850. The van der Waals surface area contributed by atoms with E-state index in [2.05, 4.69) is 18.6 Å². The fourth-order valence-corrected chi connectivity index (χ4v) is 3.32. The lowest BCUT2D eigenvalue weighted by molar-refractivity contribution is 0.271. The third-order valence-electron chi connectivity index (χ3n) is 2.76. The van der Waals surface area contributed by atoms with Crippen molar-refractivity contribution in [2.24, 2.45) is 5.92 Å². The van der Waals surface area contributed by atoms with Gasteiger partial charge in [0.15, 0.2) is 0 Å². The Balaban J connectivity index is 1.99. The van der Waals surface area contributed by atoms with Gasteiger partial charge in [-0.25, -0.2) is 13.1 Å². The van der Waals surface area contributed by atoms with Gasteiger partial charge >= 0.3 is 0 Å². The van der Waals surface area contributed by atoms with Gasteiger partial charge in [-0.1, -0.05) is 13.8 Å². The molecule has 21 heavy (non-hydrogen) atoms. The summed E-state index contributed by atoms with van der Waals surface area (Å²) in [5, 5.41) is 3.84. The summed E-state index contributed by atoms with van der Waals surface area (Å²) in [6, 6.07) is 8.39. The Labute approximate surface area is 129 Å². The molecule has 0 aliphatic heterocycles. The Kier molecular flexibility index (Phi) is 5.39. The molecule has 0 fully saturated rings. The predicted molar refractivity (Wildman–Crippen MR) is 85.1 cm³/mol. The molecule has 2 rings (SSSR count). The zero-order valence-electron chi connectivity index (χ0n) is 12.1. The Morgan fingerprint density at radius 1 is 1.19 bits per heavy atom. The van der Waals surface area contributed by atoms with E-state index >= 15 is 0 Å². The average molecular weight is 325 g/mol. The molecule has 6 heteroatoms. The molecule has 1 heterocycles. The minimum atomic E-state index is -3.49. The highest BCUT2D eigenvalue weighted by molar-refractivity contribution is 7.89. The molecule has 0 spiro atoms. The predicted octanol–water partition coefficient (Wildman–Crippen LogP) is 3.26. The van der Waals surface area contributed by atoms with Crippen LogP contribution in [-0.4, -0.2) is 15.0 Å². The first-order chi connectivity index (χ1) is 9.97. The van der Waals surface area contributed by atoms with Crippen LogP contribution >= 0.6 is 11.3 Å². The van der Waals surface area contributed by atoms with Crippen LogP contribution in [0.1, 0.15) is 19.4 Å². The second kappa shape index (κ2) is 7.06. The van der Waals surface area contributed by atoms with Crippen LogP contribution in [-0.2, 0) is 16.6 Å². The Bertz CT molecular complexity index is 647. The van der Waals surface area contributed by atoms with Crippen LogP contribution < -0.4 is 9.46 Å². The van der Waals surface area contributed by atoms with Crippen LogP contribution in [0.4, 0.5) is 0 Å². The minimum Gasteiger partial charge on any atom is -0.493 e. The maximum Gasteiger partial charge on any atom is 0.240 e. The smallest absolute Gasteiger partial charge is 0.240 e. The van der Waals surface area contributed by atoms with Gasteiger partial charge in [0.25, 0.3) is 0 Å². The lowest BCUT2D eigenvalue weighted by Gasteiger charge is -2.10. The van der Waals surface area contributed by atoms with E-state index in [1.54, 1.807) is 35.6 Å². The van der Waals surface area contributed by atoms with Gasteiger partial charge in [0.05, 0.1) is 11.5 Å². The van der Waals surface area contributed by atoms with E-state index in [0.717, 1.165) is 5.56 Å². The average Bonchev–Trinajstić information content (AvgIpc) is 2.97. The molecule has 0 radical (unpaired) electrons. The van der Waals surface area contributed by atoms with Crippen molar-refractivity contribution in [2.75, 3.05) is 6.61 Å². The summed E-state index contributed by atoms with van der Waals surface area (Å²) in [5.74, 6) is 1.11. The number of thiophene rings is 1. The molecule has 0 saturated heterocycles. The maximum atomic E-state index is 12.2. The van der Waals surface area contributed by atoms with E-state index in [0.29, 0.717) is 24.8 Å².